The van der Waals surface area contributed by atoms with Crippen LogP contribution in [0.25, 0.3) is 0 Å². The lowest BCUT2D eigenvalue weighted by Crippen LogP contribution is -2.31. The number of sulfonamides is 1. The number of rotatable bonds is 5. The molecule has 2 N–H and O–H groups in total. The first kappa shape index (κ1) is 15.2. The van der Waals surface area contributed by atoms with Gasteiger partial charge in [-0.1, -0.05) is 11.6 Å². The lowest BCUT2D eigenvalue weighted by atomic mass is 10.2. The molecule has 20 heavy (non-hydrogen) atoms. The maximum absolute atomic E-state index is 12.1. The number of ether oxygens (including phenoxy) is 1. The van der Waals surface area contributed by atoms with Crippen LogP contribution in [0, 0.1) is 0 Å². The van der Waals surface area contributed by atoms with E-state index in [-0.39, 0.29) is 28.1 Å². The number of halogens is 1. The van der Waals surface area contributed by atoms with Crippen molar-refractivity contribution in [1.82, 2.24) is 4.72 Å². The van der Waals surface area contributed by atoms with Gasteiger partial charge in [0.05, 0.1) is 21.6 Å². The number of benzene rings is 1. The Morgan fingerprint density at radius 2 is 2.25 bits per heavy atom. The highest BCUT2D eigenvalue weighted by molar-refractivity contribution is 7.89. The van der Waals surface area contributed by atoms with Crippen molar-refractivity contribution in [2.24, 2.45) is 0 Å². The zero-order valence-corrected chi connectivity index (χ0v) is 12.1. The van der Waals surface area contributed by atoms with Crippen LogP contribution in [-0.4, -0.2) is 38.7 Å². The van der Waals surface area contributed by atoms with Gasteiger partial charge in [0.2, 0.25) is 10.0 Å². The fraction of sp³-hybridized carbons (Fsp3) is 0.417. The molecule has 1 fully saturated rings. The SMILES string of the molecule is O=C(O)c1cc(S(=O)(=O)NC[C@H]2CCCO2)ccc1Cl. The monoisotopic (exact) mass is 319 g/mol. The Morgan fingerprint density at radius 3 is 2.85 bits per heavy atom. The van der Waals surface area contributed by atoms with Crippen LogP contribution in [0.3, 0.4) is 0 Å². The zero-order chi connectivity index (χ0) is 14.8. The molecule has 1 aromatic carbocycles. The predicted molar refractivity (Wildman–Crippen MR) is 72.6 cm³/mol. The molecule has 0 saturated carbocycles. The average Bonchev–Trinajstić information content (AvgIpc) is 2.89. The maximum Gasteiger partial charge on any atom is 0.337 e. The summed E-state index contributed by atoms with van der Waals surface area (Å²) in [5, 5.41) is 8.93. The molecule has 1 heterocycles. The molecule has 0 spiro atoms. The van der Waals surface area contributed by atoms with Gasteiger partial charge < -0.3 is 9.84 Å². The predicted octanol–water partition coefficient (Wildman–Crippen LogP) is 1.50. The number of carboxylic acid groups (broad SMARTS) is 1. The number of hydrogen-bond donors (Lipinski definition) is 2. The summed E-state index contributed by atoms with van der Waals surface area (Å²) in [5.41, 5.74) is -0.244. The molecule has 2 rings (SSSR count). The molecule has 1 saturated heterocycles. The highest BCUT2D eigenvalue weighted by atomic mass is 35.5. The first-order valence-corrected chi connectivity index (χ1v) is 7.90. The maximum atomic E-state index is 12.1. The van der Waals surface area contributed by atoms with E-state index in [1.54, 1.807) is 0 Å². The smallest absolute Gasteiger partial charge is 0.337 e. The minimum absolute atomic E-state index is 0.00410. The van der Waals surface area contributed by atoms with Crippen LogP contribution in [0.4, 0.5) is 0 Å². The van der Waals surface area contributed by atoms with E-state index in [9.17, 15) is 13.2 Å². The summed E-state index contributed by atoms with van der Waals surface area (Å²) in [6.07, 6.45) is 1.59. The van der Waals surface area contributed by atoms with Crippen molar-refractivity contribution in [3.8, 4) is 0 Å². The Hall–Kier alpha value is -1.15. The first-order valence-electron chi connectivity index (χ1n) is 6.04. The zero-order valence-electron chi connectivity index (χ0n) is 10.5. The summed E-state index contributed by atoms with van der Waals surface area (Å²) in [5.74, 6) is -1.27. The number of hydrogen-bond acceptors (Lipinski definition) is 4. The van der Waals surface area contributed by atoms with Crippen molar-refractivity contribution in [2.75, 3.05) is 13.2 Å². The fourth-order valence-corrected chi connectivity index (χ4v) is 3.22. The van der Waals surface area contributed by atoms with E-state index < -0.39 is 16.0 Å². The van der Waals surface area contributed by atoms with E-state index in [4.69, 9.17) is 21.4 Å². The number of carbonyl (C=O) groups is 1. The third-order valence-electron chi connectivity index (χ3n) is 3.00. The molecule has 0 aromatic heterocycles. The molecule has 0 bridgehead atoms. The third kappa shape index (κ3) is 3.49. The second-order valence-electron chi connectivity index (χ2n) is 4.43. The van der Waals surface area contributed by atoms with Crippen LogP contribution < -0.4 is 4.72 Å². The summed E-state index contributed by atoms with van der Waals surface area (Å²) >= 11 is 5.71. The Kier molecular flexibility index (Phi) is 4.64. The van der Waals surface area contributed by atoms with Gasteiger partial charge in [-0.15, -0.1) is 0 Å². The molecule has 0 radical (unpaired) electrons. The average molecular weight is 320 g/mol. The lowest BCUT2D eigenvalue weighted by Gasteiger charge is -2.12. The van der Waals surface area contributed by atoms with Crippen LogP contribution in [0.15, 0.2) is 23.1 Å². The molecule has 1 aliphatic heterocycles. The summed E-state index contributed by atoms with van der Waals surface area (Å²) in [6, 6.07) is 3.57. The summed E-state index contributed by atoms with van der Waals surface area (Å²) in [7, 11) is -3.77. The van der Waals surface area contributed by atoms with Gasteiger partial charge in [0.15, 0.2) is 0 Å². The summed E-state index contributed by atoms with van der Waals surface area (Å²) in [6.45, 7) is 0.809. The van der Waals surface area contributed by atoms with Gasteiger partial charge in [-0.3, -0.25) is 0 Å². The Balaban J connectivity index is 2.16. The van der Waals surface area contributed by atoms with Crippen molar-refractivity contribution < 1.29 is 23.1 Å². The molecule has 1 aromatic rings. The number of aromatic carboxylic acids is 1. The normalized spacial score (nSPS) is 19.1. The Morgan fingerprint density at radius 1 is 1.50 bits per heavy atom. The van der Waals surface area contributed by atoms with Gasteiger partial charge in [-0.05, 0) is 31.0 Å². The van der Waals surface area contributed by atoms with Crippen molar-refractivity contribution in [3.63, 3.8) is 0 Å². The van der Waals surface area contributed by atoms with Crippen LogP contribution >= 0.6 is 11.6 Å². The second kappa shape index (κ2) is 6.09. The van der Waals surface area contributed by atoms with Crippen molar-refractivity contribution in [2.45, 2.75) is 23.8 Å². The molecular formula is C12H14ClNO5S. The van der Waals surface area contributed by atoms with Crippen LogP contribution in [0.1, 0.15) is 23.2 Å². The van der Waals surface area contributed by atoms with Crippen molar-refractivity contribution in [3.05, 3.63) is 28.8 Å². The topological polar surface area (TPSA) is 92.7 Å². The van der Waals surface area contributed by atoms with Crippen LogP contribution in [-0.2, 0) is 14.8 Å². The molecule has 110 valence electrons. The Labute approximate surface area is 121 Å². The highest BCUT2D eigenvalue weighted by Gasteiger charge is 2.21. The second-order valence-corrected chi connectivity index (χ2v) is 6.61. The third-order valence-corrected chi connectivity index (χ3v) is 4.75. The van der Waals surface area contributed by atoms with Gasteiger partial charge in [0.1, 0.15) is 0 Å². The molecule has 0 unspecified atom stereocenters. The molecule has 8 heteroatoms. The van der Waals surface area contributed by atoms with Crippen LogP contribution in [0.5, 0.6) is 0 Å². The van der Waals surface area contributed by atoms with Crippen LogP contribution in [0.2, 0.25) is 5.02 Å². The Bertz CT molecular complexity index is 610. The fourth-order valence-electron chi connectivity index (χ4n) is 1.93. The van der Waals surface area contributed by atoms with Gasteiger partial charge in [0, 0.05) is 13.2 Å². The van der Waals surface area contributed by atoms with E-state index in [2.05, 4.69) is 4.72 Å². The largest absolute Gasteiger partial charge is 0.478 e. The highest BCUT2D eigenvalue weighted by Crippen LogP contribution is 2.21. The minimum Gasteiger partial charge on any atom is -0.478 e. The quantitative estimate of drug-likeness (QED) is 0.858. The standard InChI is InChI=1S/C12H14ClNO5S/c13-11-4-3-9(6-10(11)12(15)16)20(17,18)14-7-8-2-1-5-19-8/h3-4,6,8,14H,1-2,5,7H2,(H,15,16)/t8-/m1/s1. The summed E-state index contributed by atoms with van der Waals surface area (Å²) in [4.78, 5) is 10.8. The van der Waals surface area contributed by atoms with E-state index in [1.165, 1.54) is 12.1 Å². The van der Waals surface area contributed by atoms with E-state index in [0.29, 0.717) is 6.61 Å². The first-order chi connectivity index (χ1) is 9.40. The summed E-state index contributed by atoms with van der Waals surface area (Å²) < 4.78 is 31.9. The lowest BCUT2D eigenvalue weighted by molar-refractivity contribution is 0.0697. The van der Waals surface area contributed by atoms with Gasteiger partial charge in [0.25, 0.3) is 0 Å². The van der Waals surface area contributed by atoms with Gasteiger partial charge in [-0.2, -0.15) is 0 Å². The number of nitrogens with one attached hydrogen (secondary N) is 1. The van der Waals surface area contributed by atoms with Crippen molar-refractivity contribution in [1.29, 1.82) is 0 Å². The molecule has 6 nitrogen and oxygen atoms in total. The molecule has 1 aliphatic rings. The van der Waals surface area contributed by atoms with Gasteiger partial charge >= 0.3 is 5.97 Å². The number of carboxylic acids is 1. The van der Waals surface area contributed by atoms with E-state index >= 15 is 0 Å². The molecule has 1 atom stereocenters. The molecule has 0 aliphatic carbocycles. The molecule has 0 amide bonds. The van der Waals surface area contributed by atoms with Gasteiger partial charge in [-0.25, -0.2) is 17.9 Å². The van der Waals surface area contributed by atoms with E-state index in [0.717, 1.165) is 18.9 Å². The minimum atomic E-state index is -3.77. The van der Waals surface area contributed by atoms with E-state index in [1.807, 2.05) is 0 Å². The molecular weight excluding hydrogens is 306 g/mol. The van der Waals surface area contributed by atoms with Crippen molar-refractivity contribution >= 4 is 27.6 Å².